The zero-order valence-electron chi connectivity index (χ0n) is 8.21. The van der Waals surface area contributed by atoms with E-state index in [1.165, 1.54) is 0 Å². The number of aliphatic imine (C=N–C) groups is 1. The van der Waals surface area contributed by atoms with Gasteiger partial charge in [0.05, 0.1) is 25.1 Å². The Morgan fingerprint density at radius 3 is 2.33 bits per heavy atom. The van der Waals surface area contributed by atoms with Crippen LogP contribution in [-0.2, 0) is 4.74 Å². The molecule has 1 aliphatic heterocycles. The molecule has 1 heterocycles. The molecule has 1 rings (SSSR count). The van der Waals surface area contributed by atoms with Gasteiger partial charge in [-0.3, -0.25) is 4.99 Å². The third-order valence-corrected chi connectivity index (χ3v) is 1.65. The first-order chi connectivity index (χ1) is 5.58. The number of ether oxygens (including phenoxy) is 1. The molecule has 0 aliphatic carbocycles. The van der Waals surface area contributed by atoms with Crippen LogP contribution in [0.5, 0.6) is 0 Å². The summed E-state index contributed by atoms with van der Waals surface area (Å²) in [6.45, 7) is 9.91. The average molecular weight is 170 g/mol. The van der Waals surface area contributed by atoms with Crippen LogP contribution in [0, 0.1) is 0 Å². The fourth-order valence-corrected chi connectivity index (χ4v) is 0.948. The first-order valence-electron chi connectivity index (χ1n) is 4.45. The van der Waals surface area contributed by atoms with Gasteiger partial charge in [-0.15, -0.1) is 0 Å². The monoisotopic (exact) mass is 170 g/mol. The summed E-state index contributed by atoms with van der Waals surface area (Å²) in [6, 6.07) is 0. The minimum absolute atomic E-state index is 0.0400. The minimum atomic E-state index is 0.0400. The molecule has 12 heavy (non-hydrogen) atoms. The molecule has 0 saturated carbocycles. The Labute approximate surface area is 74.4 Å². The summed E-state index contributed by atoms with van der Waals surface area (Å²) in [7, 11) is 0. The lowest BCUT2D eigenvalue weighted by Gasteiger charge is -2.25. The molecule has 0 N–H and O–H groups in total. The predicted octanol–water partition coefficient (Wildman–Crippen LogP) is 1.15. The van der Waals surface area contributed by atoms with Crippen molar-refractivity contribution >= 4 is 6.34 Å². The topological polar surface area (TPSA) is 24.8 Å². The molecule has 0 atom stereocenters. The van der Waals surface area contributed by atoms with Gasteiger partial charge in [0.1, 0.15) is 0 Å². The average Bonchev–Trinajstić information content (AvgIpc) is 2.02. The molecule has 0 aromatic rings. The standard InChI is InChI=1S/C9H18N2O/c1-9(2,3)10-8-11-4-6-12-7-5-11/h8H,4-7H2,1-3H3. The lowest BCUT2D eigenvalue weighted by Crippen LogP contribution is -2.35. The smallest absolute Gasteiger partial charge is 0.0857 e. The molecule has 0 aromatic heterocycles. The van der Waals surface area contributed by atoms with Crippen LogP contribution in [0.3, 0.4) is 0 Å². The lowest BCUT2D eigenvalue weighted by molar-refractivity contribution is 0.0698. The molecular weight excluding hydrogens is 152 g/mol. The molecule has 1 fully saturated rings. The summed E-state index contributed by atoms with van der Waals surface area (Å²) in [6.07, 6.45) is 1.95. The van der Waals surface area contributed by atoms with Crippen LogP contribution in [0.15, 0.2) is 4.99 Å². The summed E-state index contributed by atoms with van der Waals surface area (Å²) in [4.78, 5) is 6.63. The molecule has 0 radical (unpaired) electrons. The van der Waals surface area contributed by atoms with Gasteiger partial charge < -0.3 is 9.64 Å². The van der Waals surface area contributed by atoms with E-state index < -0.39 is 0 Å². The fraction of sp³-hybridized carbons (Fsp3) is 0.889. The molecule has 70 valence electrons. The maximum absolute atomic E-state index is 5.23. The van der Waals surface area contributed by atoms with Crippen molar-refractivity contribution in [2.24, 2.45) is 4.99 Å². The molecule has 0 amide bonds. The van der Waals surface area contributed by atoms with E-state index in [9.17, 15) is 0 Å². The first-order valence-corrected chi connectivity index (χ1v) is 4.45. The summed E-state index contributed by atoms with van der Waals surface area (Å²) in [5.74, 6) is 0. The molecule has 1 saturated heterocycles. The van der Waals surface area contributed by atoms with E-state index in [2.05, 4.69) is 30.7 Å². The number of hydrogen-bond donors (Lipinski definition) is 0. The normalized spacial score (nSPS) is 20.4. The highest BCUT2D eigenvalue weighted by atomic mass is 16.5. The van der Waals surface area contributed by atoms with Crippen LogP contribution in [0.4, 0.5) is 0 Å². The molecule has 0 spiro atoms. The van der Waals surface area contributed by atoms with Gasteiger partial charge in [0.25, 0.3) is 0 Å². The zero-order valence-corrected chi connectivity index (χ0v) is 8.21. The molecule has 0 aromatic carbocycles. The van der Waals surface area contributed by atoms with E-state index in [-0.39, 0.29) is 5.54 Å². The van der Waals surface area contributed by atoms with Gasteiger partial charge in [0.15, 0.2) is 0 Å². The van der Waals surface area contributed by atoms with Crippen molar-refractivity contribution in [2.45, 2.75) is 26.3 Å². The van der Waals surface area contributed by atoms with Crippen molar-refractivity contribution in [3.8, 4) is 0 Å². The summed E-state index contributed by atoms with van der Waals surface area (Å²) in [5.41, 5.74) is 0.0400. The predicted molar refractivity (Wildman–Crippen MR) is 50.6 cm³/mol. The van der Waals surface area contributed by atoms with E-state index in [0.717, 1.165) is 26.3 Å². The van der Waals surface area contributed by atoms with E-state index in [0.29, 0.717) is 0 Å². The van der Waals surface area contributed by atoms with Gasteiger partial charge in [0.2, 0.25) is 0 Å². The second-order valence-electron chi connectivity index (χ2n) is 4.06. The number of hydrogen-bond acceptors (Lipinski definition) is 2. The number of morpholine rings is 1. The molecule has 0 unspecified atom stereocenters. The van der Waals surface area contributed by atoms with E-state index in [1.807, 2.05) is 6.34 Å². The first kappa shape index (κ1) is 9.52. The van der Waals surface area contributed by atoms with Crippen molar-refractivity contribution in [3.63, 3.8) is 0 Å². The Bertz CT molecular complexity index is 154. The Kier molecular flexibility index (Phi) is 3.09. The second-order valence-corrected chi connectivity index (χ2v) is 4.06. The summed E-state index contributed by atoms with van der Waals surface area (Å²) in [5, 5.41) is 0. The van der Waals surface area contributed by atoms with E-state index in [4.69, 9.17) is 4.74 Å². The molecule has 3 nitrogen and oxygen atoms in total. The highest BCUT2D eigenvalue weighted by Gasteiger charge is 2.09. The third-order valence-electron chi connectivity index (χ3n) is 1.65. The maximum atomic E-state index is 5.23. The van der Waals surface area contributed by atoms with Crippen molar-refractivity contribution < 1.29 is 4.74 Å². The van der Waals surface area contributed by atoms with Gasteiger partial charge in [-0.05, 0) is 20.8 Å². The summed E-state index contributed by atoms with van der Waals surface area (Å²) < 4.78 is 5.23. The SMILES string of the molecule is CC(C)(C)N=CN1CCOCC1. The Hall–Kier alpha value is -0.570. The van der Waals surface area contributed by atoms with Crippen molar-refractivity contribution in [2.75, 3.05) is 26.3 Å². The Morgan fingerprint density at radius 1 is 1.25 bits per heavy atom. The van der Waals surface area contributed by atoms with Crippen LogP contribution >= 0.6 is 0 Å². The fourth-order valence-electron chi connectivity index (χ4n) is 0.948. The van der Waals surface area contributed by atoms with E-state index >= 15 is 0 Å². The van der Waals surface area contributed by atoms with Crippen LogP contribution in [0.2, 0.25) is 0 Å². The van der Waals surface area contributed by atoms with Gasteiger partial charge in [0, 0.05) is 13.1 Å². The largest absolute Gasteiger partial charge is 0.378 e. The molecular formula is C9H18N2O. The highest BCUT2D eigenvalue weighted by Crippen LogP contribution is 2.05. The quantitative estimate of drug-likeness (QED) is 0.435. The van der Waals surface area contributed by atoms with Crippen LogP contribution in [0.1, 0.15) is 20.8 Å². The molecule has 1 aliphatic rings. The molecule has 3 heteroatoms. The van der Waals surface area contributed by atoms with Gasteiger partial charge in [-0.1, -0.05) is 0 Å². The van der Waals surface area contributed by atoms with Crippen molar-refractivity contribution in [1.29, 1.82) is 0 Å². The van der Waals surface area contributed by atoms with Crippen LogP contribution in [0.25, 0.3) is 0 Å². The third kappa shape index (κ3) is 3.72. The zero-order chi connectivity index (χ0) is 9.03. The Morgan fingerprint density at radius 2 is 1.83 bits per heavy atom. The van der Waals surface area contributed by atoms with Crippen molar-refractivity contribution in [1.82, 2.24) is 4.90 Å². The van der Waals surface area contributed by atoms with Gasteiger partial charge >= 0.3 is 0 Å². The molecule has 0 bridgehead atoms. The number of nitrogens with zero attached hydrogens (tertiary/aromatic N) is 2. The Balaban J connectivity index is 2.33. The van der Waals surface area contributed by atoms with Crippen LogP contribution in [-0.4, -0.2) is 43.1 Å². The van der Waals surface area contributed by atoms with E-state index in [1.54, 1.807) is 0 Å². The van der Waals surface area contributed by atoms with Gasteiger partial charge in [-0.2, -0.15) is 0 Å². The number of rotatable bonds is 1. The summed E-state index contributed by atoms with van der Waals surface area (Å²) >= 11 is 0. The second kappa shape index (κ2) is 3.90. The minimum Gasteiger partial charge on any atom is -0.378 e. The van der Waals surface area contributed by atoms with Gasteiger partial charge in [-0.25, -0.2) is 0 Å². The highest BCUT2D eigenvalue weighted by molar-refractivity contribution is 5.55. The maximum Gasteiger partial charge on any atom is 0.0857 e. The van der Waals surface area contributed by atoms with Crippen LogP contribution < -0.4 is 0 Å². The lowest BCUT2D eigenvalue weighted by atomic mass is 10.1. The van der Waals surface area contributed by atoms with Crippen molar-refractivity contribution in [3.05, 3.63) is 0 Å².